The maximum Gasteiger partial charge on any atom is 0.103 e. The number of benzene rings is 1. The molecule has 0 saturated heterocycles. The summed E-state index contributed by atoms with van der Waals surface area (Å²) >= 11 is 1.85. The molecule has 4 heteroatoms. The Labute approximate surface area is 124 Å². The number of nitrogens with zero attached hydrogens (tertiary/aromatic N) is 1. The number of rotatable bonds is 3. The molecule has 1 aliphatic heterocycles. The summed E-state index contributed by atoms with van der Waals surface area (Å²) in [5, 5.41) is 4.65. The summed E-state index contributed by atoms with van der Waals surface area (Å²) in [7, 11) is 0. The Balaban J connectivity index is 1.84. The smallest absolute Gasteiger partial charge is 0.103 e. The van der Waals surface area contributed by atoms with Crippen LogP contribution < -0.4 is 5.32 Å². The lowest BCUT2D eigenvalue weighted by Crippen LogP contribution is -2.16. The van der Waals surface area contributed by atoms with Gasteiger partial charge in [0.25, 0.3) is 0 Å². The first-order valence-corrected chi connectivity index (χ1v) is 8.18. The van der Waals surface area contributed by atoms with Gasteiger partial charge in [0, 0.05) is 5.75 Å². The third kappa shape index (κ3) is 2.91. The predicted molar refractivity (Wildman–Crippen MR) is 84.3 cm³/mol. The van der Waals surface area contributed by atoms with E-state index < -0.39 is 0 Å². The molecule has 2 N–H and O–H groups in total. The second kappa shape index (κ2) is 6.02. The topological polar surface area (TPSA) is 40.7 Å². The number of aromatic nitrogens is 2. The highest BCUT2D eigenvalue weighted by Crippen LogP contribution is 2.28. The summed E-state index contributed by atoms with van der Waals surface area (Å²) in [6.45, 7) is 6.42. The molecule has 0 spiro atoms. The van der Waals surface area contributed by atoms with E-state index in [1.807, 2.05) is 24.9 Å². The van der Waals surface area contributed by atoms with Crippen LogP contribution in [0.5, 0.6) is 0 Å². The average Bonchev–Trinajstić information content (AvgIpc) is 2.71. The third-order valence-corrected chi connectivity index (χ3v) is 4.89. The molecule has 1 aromatic carbocycles. The fourth-order valence-corrected chi connectivity index (χ4v) is 3.84. The van der Waals surface area contributed by atoms with Crippen molar-refractivity contribution >= 4 is 11.8 Å². The van der Waals surface area contributed by atoms with Crippen LogP contribution in [0.3, 0.4) is 0 Å². The predicted octanol–water partition coefficient (Wildman–Crippen LogP) is 3.01. The van der Waals surface area contributed by atoms with Gasteiger partial charge >= 0.3 is 0 Å². The minimum Gasteiger partial charge on any atom is -0.337 e. The van der Waals surface area contributed by atoms with Crippen LogP contribution in [0.15, 0.2) is 23.4 Å². The van der Waals surface area contributed by atoms with E-state index in [1.54, 1.807) is 5.56 Å². The van der Waals surface area contributed by atoms with Crippen molar-refractivity contribution in [2.75, 3.05) is 13.1 Å². The zero-order valence-electron chi connectivity index (χ0n) is 12.1. The van der Waals surface area contributed by atoms with Crippen molar-refractivity contribution < 1.29 is 0 Å². The minimum atomic E-state index is 0.986. The molecule has 0 radical (unpaired) electrons. The second-order valence-corrected chi connectivity index (χ2v) is 6.39. The Morgan fingerprint density at radius 3 is 2.85 bits per heavy atom. The third-order valence-electron chi connectivity index (χ3n) is 3.94. The number of fused-ring (bicyclic) bond motifs is 1. The van der Waals surface area contributed by atoms with Gasteiger partial charge in [-0.1, -0.05) is 12.1 Å². The van der Waals surface area contributed by atoms with Crippen molar-refractivity contribution in [2.45, 2.75) is 37.5 Å². The SMILES string of the molecule is Cc1ncc(SCc2c(C)ccc3c2CCNCC3)[nH]1. The zero-order valence-corrected chi connectivity index (χ0v) is 12.9. The van der Waals surface area contributed by atoms with Gasteiger partial charge in [0.1, 0.15) is 5.82 Å². The molecular weight excluding hydrogens is 266 g/mol. The van der Waals surface area contributed by atoms with E-state index in [4.69, 9.17) is 0 Å². The van der Waals surface area contributed by atoms with Gasteiger partial charge in [-0.3, -0.25) is 0 Å². The summed E-state index contributed by atoms with van der Waals surface area (Å²) in [4.78, 5) is 7.57. The fourth-order valence-electron chi connectivity index (χ4n) is 2.79. The van der Waals surface area contributed by atoms with Gasteiger partial charge in [-0.25, -0.2) is 4.98 Å². The molecule has 0 unspecified atom stereocenters. The molecule has 0 saturated carbocycles. The first-order valence-electron chi connectivity index (χ1n) is 7.19. The molecule has 0 fully saturated rings. The molecule has 2 heterocycles. The van der Waals surface area contributed by atoms with E-state index >= 15 is 0 Å². The van der Waals surface area contributed by atoms with Crippen molar-refractivity contribution in [3.63, 3.8) is 0 Å². The molecule has 3 nitrogen and oxygen atoms in total. The van der Waals surface area contributed by atoms with Gasteiger partial charge in [0.2, 0.25) is 0 Å². The van der Waals surface area contributed by atoms with E-state index in [-0.39, 0.29) is 0 Å². The normalized spacial score (nSPS) is 14.9. The molecule has 1 aromatic heterocycles. The van der Waals surface area contributed by atoms with Crippen molar-refractivity contribution in [1.29, 1.82) is 0 Å². The van der Waals surface area contributed by atoms with Gasteiger partial charge in [-0.2, -0.15) is 0 Å². The highest BCUT2D eigenvalue weighted by atomic mass is 32.2. The van der Waals surface area contributed by atoms with E-state index in [0.29, 0.717) is 0 Å². The molecule has 1 aliphatic rings. The minimum absolute atomic E-state index is 0.986. The summed E-state index contributed by atoms with van der Waals surface area (Å²) in [5.74, 6) is 2.01. The number of imidazole rings is 1. The number of nitrogens with one attached hydrogen (secondary N) is 2. The molecule has 0 atom stereocenters. The number of aromatic amines is 1. The molecule has 3 rings (SSSR count). The lowest BCUT2D eigenvalue weighted by atomic mass is 9.94. The van der Waals surface area contributed by atoms with Gasteiger partial charge < -0.3 is 10.3 Å². The standard InChI is InChI=1S/C16H21N3S/c1-11-3-4-13-5-7-17-8-6-14(13)15(11)10-20-16-9-18-12(2)19-16/h3-4,9,17H,5-8,10H2,1-2H3,(H,18,19). The molecular formula is C16H21N3S. The van der Waals surface area contributed by atoms with E-state index in [1.165, 1.54) is 16.7 Å². The lowest BCUT2D eigenvalue weighted by Gasteiger charge is -2.14. The van der Waals surface area contributed by atoms with E-state index in [2.05, 4.69) is 34.3 Å². The summed E-state index contributed by atoms with van der Waals surface area (Å²) < 4.78 is 0. The monoisotopic (exact) mass is 287 g/mol. The van der Waals surface area contributed by atoms with Crippen molar-refractivity contribution in [3.8, 4) is 0 Å². The Morgan fingerprint density at radius 2 is 2.05 bits per heavy atom. The molecule has 0 amide bonds. The average molecular weight is 287 g/mol. The van der Waals surface area contributed by atoms with Crippen molar-refractivity contribution in [1.82, 2.24) is 15.3 Å². The van der Waals surface area contributed by atoms with Crippen molar-refractivity contribution in [3.05, 3.63) is 46.4 Å². The number of thioether (sulfide) groups is 1. The van der Waals surface area contributed by atoms with Crippen LogP contribution in [-0.2, 0) is 18.6 Å². The quantitative estimate of drug-likeness (QED) is 0.853. The lowest BCUT2D eigenvalue weighted by molar-refractivity contribution is 0.710. The summed E-state index contributed by atoms with van der Waals surface area (Å²) in [6, 6.07) is 4.59. The Morgan fingerprint density at radius 1 is 1.20 bits per heavy atom. The van der Waals surface area contributed by atoms with Gasteiger partial charge in [0.05, 0.1) is 11.2 Å². The highest BCUT2D eigenvalue weighted by Gasteiger charge is 2.14. The molecule has 2 aromatic rings. The van der Waals surface area contributed by atoms with Gasteiger partial charge in [0.15, 0.2) is 0 Å². The van der Waals surface area contributed by atoms with Crippen molar-refractivity contribution in [2.24, 2.45) is 0 Å². The Kier molecular flexibility index (Phi) is 4.13. The molecule has 106 valence electrons. The largest absolute Gasteiger partial charge is 0.337 e. The van der Waals surface area contributed by atoms with Crippen LogP contribution in [0.4, 0.5) is 0 Å². The summed E-state index contributed by atoms with van der Waals surface area (Å²) in [5.41, 5.74) is 6.02. The Bertz CT molecular complexity index is 604. The number of H-pyrrole nitrogens is 1. The molecule has 0 bridgehead atoms. The van der Waals surface area contributed by atoms with E-state index in [0.717, 1.165) is 42.5 Å². The zero-order chi connectivity index (χ0) is 13.9. The van der Waals surface area contributed by atoms with Crippen LogP contribution in [0.2, 0.25) is 0 Å². The second-order valence-electron chi connectivity index (χ2n) is 5.37. The maximum atomic E-state index is 4.27. The fraction of sp³-hybridized carbons (Fsp3) is 0.438. The van der Waals surface area contributed by atoms with Crippen LogP contribution in [0, 0.1) is 13.8 Å². The maximum absolute atomic E-state index is 4.27. The Hall–Kier alpha value is -1.26. The first-order chi connectivity index (χ1) is 9.74. The highest BCUT2D eigenvalue weighted by molar-refractivity contribution is 7.98. The number of hydrogen-bond acceptors (Lipinski definition) is 3. The van der Waals surface area contributed by atoms with Crippen LogP contribution >= 0.6 is 11.8 Å². The number of aryl methyl sites for hydroxylation is 2. The number of hydrogen-bond donors (Lipinski definition) is 2. The molecule has 0 aliphatic carbocycles. The van der Waals surface area contributed by atoms with E-state index in [9.17, 15) is 0 Å². The summed E-state index contributed by atoms with van der Waals surface area (Å²) in [6.07, 6.45) is 4.23. The van der Waals surface area contributed by atoms with Gasteiger partial charge in [-0.05, 0) is 62.0 Å². The van der Waals surface area contributed by atoms with Crippen LogP contribution in [0.1, 0.15) is 28.1 Å². The van der Waals surface area contributed by atoms with Crippen LogP contribution in [-0.4, -0.2) is 23.1 Å². The van der Waals surface area contributed by atoms with Crippen LogP contribution in [0.25, 0.3) is 0 Å². The van der Waals surface area contributed by atoms with Gasteiger partial charge in [-0.15, -0.1) is 11.8 Å². The molecule has 20 heavy (non-hydrogen) atoms. The first kappa shape index (κ1) is 13.7.